The van der Waals surface area contributed by atoms with Gasteiger partial charge < -0.3 is 5.32 Å². The SMILES string of the molecule is Cn1c(CN2C(=O)NC(C)(c3ccc(C(C)(C)C)cc3)C2=O)cc(=O)n(C)c1=O. The summed E-state index contributed by atoms with van der Waals surface area (Å²) in [4.78, 5) is 50.8. The highest BCUT2D eigenvalue weighted by molar-refractivity contribution is 6.07. The molecular weight excluding hydrogens is 372 g/mol. The molecule has 0 bridgehead atoms. The Labute approximate surface area is 168 Å². The zero-order chi connectivity index (χ0) is 21.7. The van der Waals surface area contributed by atoms with Gasteiger partial charge in [0.1, 0.15) is 5.54 Å². The average molecular weight is 398 g/mol. The first kappa shape index (κ1) is 20.6. The van der Waals surface area contributed by atoms with E-state index in [-0.39, 0.29) is 17.7 Å². The minimum Gasteiger partial charge on any atom is -0.319 e. The van der Waals surface area contributed by atoms with Crippen molar-refractivity contribution < 1.29 is 9.59 Å². The molecule has 3 rings (SSSR count). The van der Waals surface area contributed by atoms with E-state index < -0.39 is 28.7 Å². The van der Waals surface area contributed by atoms with Crippen molar-refractivity contribution in [1.82, 2.24) is 19.4 Å². The van der Waals surface area contributed by atoms with Gasteiger partial charge in [-0.2, -0.15) is 0 Å². The molecule has 1 aromatic carbocycles. The first-order valence-corrected chi connectivity index (χ1v) is 9.37. The van der Waals surface area contributed by atoms with Crippen molar-refractivity contribution in [3.8, 4) is 0 Å². The molecule has 2 aromatic rings. The van der Waals surface area contributed by atoms with Crippen LogP contribution in [-0.4, -0.2) is 26.0 Å². The van der Waals surface area contributed by atoms with Gasteiger partial charge in [-0.1, -0.05) is 45.0 Å². The fourth-order valence-electron chi connectivity index (χ4n) is 3.43. The minimum absolute atomic E-state index is 0.0291. The number of urea groups is 1. The molecule has 1 saturated heterocycles. The maximum absolute atomic E-state index is 13.1. The van der Waals surface area contributed by atoms with Crippen LogP contribution in [0.3, 0.4) is 0 Å². The fraction of sp³-hybridized carbons (Fsp3) is 0.429. The molecule has 0 spiro atoms. The third-order valence-corrected chi connectivity index (χ3v) is 5.55. The molecule has 0 radical (unpaired) electrons. The Kier molecular flexibility index (Phi) is 4.77. The lowest BCUT2D eigenvalue weighted by Crippen LogP contribution is -2.42. The number of carbonyl (C=O) groups is 2. The lowest BCUT2D eigenvalue weighted by molar-refractivity contribution is -0.131. The Hall–Kier alpha value is -3.16. The van der Waals surface area contributed by atoms with E-state index in [2.05, 4.69) is 26.1 Å². The van der Waals surface area contributed by atoms with E-state index >= 15 is 0 Å². The predicted molar refractivity (Wildman–Crippen MR) is 108 cm³/mol. The zero-order valence-electron chi connectivity index (χ0n) is 17.6. The van der Waals surface area contributed by atoms with Crippen LogP contribution in [0, 0.1) is 0 Å². The Balaban J connectivity index is 1.94. The highest BCUT2D eigenvalue weighted by Gasteiger charge is 2.49. The number of hydrogen-bond acceptors (Lipinski definition) is 4. The minimum atomic E-state index is -1.22. The lowest BCUT2D eigenvalue weighted by Gasteiger charge is -2.25. The largest absolute Gasteiger partial charge is 0.330 e. The smallest absolute Gasteiger partial charge is 0.319 e. The normalized spacial score (nSPS) is 19.6. The van der Waals surface area contributed by atoms with Crippen LogP contribution < -0.4 is 16.6 Å². The Morgan fingerprint density at radius 1 is 0.966 bits per heavy atom. The van der Waals surface area contributed by atoms with E-state index in [4.69, 9.17) is 0 Å². The lowest BCUT2D eigenvalue weighted by atomic mass is 9.84. The number of imide groups is 1. The van der Waals surface area contributed by atoms with Gasteiger partial charge in [-0.25, -0.2) is 9.59 Å². The van der Waals surface area contributed by atoms with Gasteiger partial charge in [0.15, 0.2) is 0 Å². The maximum atomic E-state index is 13.1. The van der Waals surface area contributed by atoms with E-state index in [0.29, 0.717) is 5.56 Å². The second kappa shape index (κ2) is 6.72. The second-order valence-electron chi connectivity index (χ2n) is 8.65. The van der Waals surface area contributed by atoms with Gasteiger partial charge in [-0.05, 0) is 23.5 Å². The van der Waals surface area contributed by atoms with Crippen LogP contribution in [0.4, 0.5) is 4.79 Å². The van der Waals surface area contributed by atoms with Crippen molar-refractivity contribution >= 4 is 11.9 Å². The molecule has 1 unspecified atom stereocenters. The zero-order valence-corrected chi connectivity index (χ0v) is 17.6. The number of rotatable bonds is 3. The van der Waals surface area contributed by atoms with E-state index in [1.807, 2.05) is 24.3 Å². The predicted octanol–water partition coefficient (Wildman–Crippen LogP) is 1.35. The Morgan fingerprint density at radius 3 is 2.10 bits per heavy atom. The molecule has 1 aliphatic heterocycles. The van der Waals surface area contributed by atoms with Crippen molar-refractivity contribution in [1.29, 1.82) is 0 Å². The van der Waals surface area contributed by atoms with Crippen LogP contribution in [0.25, 0.3) is 0 Å². The quantitative estimate of drug-likeness (QED) is 0.790. The van der Waals surface area contributed by atoms with E-state index in [1.165, 1.54) is 24.7 Å². The summed E-state index contributed by atoms with van der Waals surface area (Å²) in [6.07, 6.45) is 0. The standard InChI is InChI=1S/C21H26N4O4/c1-20(2,3)13-7-9-14(10-8-13)21(4)17(27)25(18(28)22-21)12-15-11-16(26)24(6)19(29)23(15)5/h7-11H,12H2,1-6H3,(H,22,28). The first-order valence-electron chi connectivity index (χ1n) is 9.37. The molecule has 1 atom stereocenters. The van der Waals surface area contributed by atoms with Crippen LogP contribution in [0.1, 0.15) is 44.5 Å². The molecule has 8 nitrogen and oxygen atoms in total. The number of carbonyl (C=O) groups excluding carboxylic acids is 2. The number of nitrogens with zero attached hydrogens (tertiary/aromatic N) is 3. The number of aromatic nitrogens is 2. The van der Waals surface area contributed by atoms with Crippen LogP contribution >= 0.6 is 0 Å². The van der Waals surface area contributed by atoms with Crippen molar-refractivity contribution in [2.75, 3.05) is 0 Å². The number of benzene rings is 1. The molecule has 29 heavy (non-hydrogen) atoms. The van der Waals surface area contributed by atoms with E-state index in [0.717, 1.165) is 15.0 Å². The van der Waals surface area contributed by atoms with Gasteiger partial charge in [0.25, 0.3) is 11.5 Å². The fourth-order valence-corrected chi connectivity index (χ4v) is 3.43. The average Bonchev–Trinajstić information content (AvgIpc) is 2.87. The third-order valence-electron chi connectivity index (χ3n) is 5.55. The number of nitrogens with one attached hydrogen (secondary N) is 1. The van der Waals surface area contributed by atoms with Gasteiger partial charge in [0.2, 0.25) is 0 Å². The Bertz CT molecular complexity index is 1110. The summed E-state index contributed by atoms with van der Waals surface area (Å²) in [5.74, 6) is -0.431. The monoisotopic (exact) mass is 398 g/mol. The molecule has 1 aliphatic rings. The molecule has 0 saturated carbocycles. The van der Waals surface area contributed by atoms with Gasteiger partial charge in [0.05, 0.1) is 6.54 Å². The highest BCUT2D eigenvalue weighted by Crippen LogP contribution is 2.31. The van der Waals surface area contributed by atoms with Crippen molar-refractivity contribution in [2.45, 2.75) is 45.2 Å². The van der Waals surface area contributed by atoms with E-state index in [1.54, 1.807) is 6.92 Å². The summed E-state index contributed by atoms with van der Waals surface area (Å²) in [6.45, 7) is 7.79. The number of amides is 3. The first-order chi connectivity index (χ1) is 13.4. The van der Waals surface area contributed by atoms with Crippen molar-refractivity contribution in [2.24, 2.45) is 14.1 Å². The Morgan fingerprint density at radius 2 is 1.55 bits per heavy atom. The van der Waals surface area contributed by atoms with Gasteiger partial charge in [0, 0.05) is 25.9 Å². The third kappa shape index (κ3) is 3.39. The molecule has 3 amide bonds. The molecule has 0 aliphatic carbocycles. The summed E-state index contributed by atoms with van der Waals surface area (Å²) in [5.41, 5.74) is -0.173. The molecule has 2 heterocycles. The van der Waals surface area contributed by atoms with Crippen molar-refractivity contribution in [3.63, 3.8) is 0 Å². The van der Waals surface area contributed by atoms with Crippen LogP contribution in [0.5, 0.6) is 0 Å². The topological polar surface area (TPSA) is 93.4 Å². The van der Waals surface area contributed by atoms with Gasteiger partial charge in [-0.15, -0.1) is 0 Å². The van der Waals surface area contributed by atoms with Crippen LogP contribution in [0.2, 0.25) is 0 Å². The van der Waals surface area contributed by atoms with Crippen molar-refractivity contribution in [3.05, 3.63) is 68.0 Å². The molecular formula is C21H26N4O4. The molecule has 154 valence electrons. The summed E-state index contributed by atoms with van der Waals surface area (Å²) in [7, 11) is 2.88. The summed E-state index contributed by atoms with van der Waals surface area (Å²) in [5, 5.41) is 2.75. The summed E-state index contributed by atoms with van der Waals surface area (Å²) in [6, 6.07) is 8.29. The molecule has 1 N–H and O–H groups in total. The summed E-state index contributed by atoms with van der Waals surface area (Å²) < 4.78 is 2.23. The van der Waals surface area contributed by atoms with Crippen LogP contribution in [-0.2, 0) is 36.4 Å². The molecule has 8 heteroatoms. The van der Waals surface area contributed by atoms with Gasteiger partial charge >= 0.3 is 11.7 Å². The van der Waals surface area contributed by atoms with E-state index in [9.17, 15) is 19.2 Å². The van der Waals surface area contributed by atoms with Gasteiger partial charge in [-0.3, -0.25) is 23.6 Å². The van der Waals surface area contributed by atoms with Crippen LogP contribution in [0.15, 0.2) is 39.9 Å². The number of hydrogen-bond donors (Lipinski definition) is 1. The highest BCUT2D eigenvalue weighted by atomic mass is 16.2. The maximum Gasteiger partial charge on any atom is 0.330 e. The molecule has 1 aromatic heterocycles. The second-order valence-corrected chi connectivity index (χ2v) is 8.65. The summed E-state index contributed by atoms with van der Waals surface area (Å²) >= 11 is 0. The molecule has 1 fully saturated rings.